The number of ether oxygens (including phenoxy) is 1. The summed E-state index contributed by atoms with van der Waals surface area (Å²) in [4.78, 5) is 19.1. The maximum atomic E-state index is 12.3. The summed E-state index contributed by atoms with van der Waals surface area (Å²) in [7, 11) is 0. The number of aryl methyl sites for hydroxylation is 2. The number of hydrogen-bond donors (Lipinski definition) is 1. The van der Waals surface area contributed by atoms with Gasteiger partial charge in [-0.1, -0.05) is 54.1 Å². The van der Waals surface area contributed by atoms with Crippen LogP contribution in [0.15, 0.2) is 48.7 Å². The molecule has 0 amide bonds. The van der Waals surface area contributed by atoms with Crippen molar-refractivity contribution >= 4 is 28.6 Å². The Morgan fingerprint density at radius 2 is 2.03 bits per heavy atom. The molecule has 1 N–H and O–H groups in total. The second-order valence-electron chi connectivity index (χ2n) is 11.0. The fourth-order valence-corrected chi connectivity index (χ4v) is 5.86. The van der Waals surface area contributed by atoms with E-state index in [9.17, 15) is 9.90 Å². The van der Waals surface area contributed by atoms with Crippen molar-refractivity contribution in [3.8, 4) is 5.88 Å². The molecule has 2 atom stereocenters. The molecule has 2 aromatic carbocycles. The van der Waals surface area contributed by atoms with Crippen LogP contribution in [-0.4, -0.2) is 48.1 Å². The number of benzene rings is 2. The van der Waals surface area contributed by atoms with Crippen LogP contribution in [0.1, 0.15) is 61.4 Å². The number of hydrogen-bond acceptors (Lipinski definition) is 6. The van der Waals surface area contributed by atoms with Gasteiger partial charge in [-0.05, 0) is 62.1 Å². The van der Waals surface area contributed by atoms with Crippen LogP contribution in [0.3, 0.4) is 0 Å². The van der Waals surface area contributed by atoms with Crippen molar-refractivity contribution in [2.75, 3.05) is 6.54 Å². The predicted octanol–water partition coefficient (Wildman–Crippen LogP) is 5.83. The molecule has 204 valence electrons. The zero-order valence-corrected chi connectivity index (χ0v) is 23.7. The Morgan fingerprint density at radius 1 is 1.23 bits per heavy atom. The third-order valence-electron chi connectivity index (χ3n) is 7.53. The van der Waals surface area contributed by atoms with Crippen molar-refractivity contribution < 1.29 is 14.6 Å². The Kier molecular flexibility index (Phi) is 7.35. The molecule has 5 rings (SSSR count). The Balaban J connectivity index is 1.54. The zero-order valence-electron chi connectivity index (χ0n) is 23.0. The van der Waals surface area contributed by atoms with Gasteiger partial charge in [0.15, 0.2) is 0 Å². The van der Waals surface area contributed by atoms with E-state index in [1.54, 1.807) is 17.8 Å². The summed E-state index contributed by atoms with van der Waals surface area (Å²) in [6, 6.07) is 14.1. The van der Waals surface area contributed by atoms with Crippen LogP contribution in [-0.2, 0) is 24.4 Å². The lowest BCUT2D eigenvalue weighted by Gasteiger charge is -2.30. The molecule has 0 saturated carbocycles. The average molecular weight is 548 g/mol. The van der Waals surface area contributed by atoms with Crippen molar-refractivity contribution in [3.05, 3.63) is 81.5 Å². The number of halogens is 1. The lowest BCUT2D eigenvalue weighted by molar-refractivity contribution is -0.141. The van der Waals surface area contributed by atoms with Crippen LogP contribution in [0.5, 0.6) is 5.88 Å². The molecule has 0 fully saturated rings. The first-order valence-electron chi connectivity index (χ1n) is 13.3. The monoisotopic (exact) mass is 547 g/mol. The van der Waals surface area contributed by atoms with Gasteiger partial charge in [-0.15, -0.1) is 5.10 Å². The minimum absolute atomic E-state index is 0.412. The van der Waals surface area contributed by atoms with Gasteiger partial charge in [0, 0.05) is 43.9 Å². The van der Waals surface area contributed by atoms with Gasteiger partial charge in [-0.3, -0.25) is 9.69 Å². The smallest absolute Gasteiger partial charge is 0.307 e. The number of fused-ring (bicyclic) bond motifs is 2. The Labute approximate surface area is 233 Å². The largest absolute Gasteiger partial charge is 0.481 e. The quantitative estimate of drug-likeness (QED) is 0.311. The summed E-state index contributed by atoms with van der Waals surface area (Å²) < 4.78 is 8.02. The predicted molar refractivity (Wildman–Crippen MR) is 151 cm³/mol. The SMILES string of the molecule is CCn1nnc2c(Cl)c([C@H](c3ccc(C)c(CN4Cc5cccnc5OC(C)(C)C4)c3)[C@@H](C)C(=O)O)ccc21. The molecule has 39 heavy (non-hydrogen) atoms. The van der Waals surface area contributed by atoms with Crippen molar-refractivity contribution in [3.63, 3.8) is 0 Å². The lowest BCUT2D eigenvalue weighted by Crippen LogP contribution is -2.40. The number of rotatable bonds is 7. The Hall–Kier alpha value is -3.49. The molecule has 1 aliphatic rings. The Morgan fingerprint density at radius 3 is 2.77 bits per heavy atom. The summed E-state index contributed by atoms with van der Waals surface area (Å²) in [6.07, 6.45) is 1.76. The number of carboxylic acid groups (broad SMARTS) is 1. The maximum absolute atomic E-state index is 12.3. The van der Waals surface area contributed by atoms with Gasteiger partial charge < -0.3 is 9.84 Å². The molecule has 1 aliphatic heterocycles. The van der Waals surface area contributed by atoms with Crippen LogP contribution >= 0.6 is 11.6 Å². The number of aliphatic carboxylic acids is 1. The van der Waals surface area contributed by atoms with Crippen LogP contribution in [0.4, 0.5) is 0 Å². The molecular weight excluding hydrogens is 514 g/mol. The van der Waals surface area contributed by atoms with Gasteiger partial charge in [0.05, 0.1) is 16.5 Å². The average Bonchev–Trinajstić information content (AvgIpc) is 3.26. The van der Waals surface area contributed by atoms with E-state index in [1.807, 2.05) is 31.2 Å². The van der Waals surface area contributed by atoms with E-state index in [-0.39, 0.29) is 0 Å². The number of pyridine rings is 1. The molecular formula is C30H34ClN5O3. The normalized spacial score (nSPS) is 16.8. The van der Waals surface area contributed by atoms with Gasteiger partial charge in [0.2, 0.25) is 5.88 Å². The highest BCUT2D eigenvalue weighted by Gasteiger charge is 2.32. The molecule has 0 radical (unpaired) electrons. The molecule has 3 heterocycles. The van der Waals surface area contributed by atoms with Crippen LogP contribution < -0.4 is 4.74 Å². The van der Waals surface area contributed by atoms with Crippen LogP contribution in [0.2, 0.25) is 5.02 Å². The third-order valence-corrected chi connectivity index (χ3v) is 7.92. The first-order chi connectivity index (χ1) is 18.6. The summed E-state index contributed by atoms with van der Waals surface area (Å²) in [5.41, 5.74) is 5.97. The maximum Gasteiger partial charge on any atom is 0.307 e. The highest BCUT2D eigenvalue weighted by atomic mass is 35.5. The molecule has 0 aliphatic carbocycles. The summed E-state index contributed by atoms with van der Waals surface area (Å²) in [6.45, 7) is 12.7. The molecule has 4 aromatic rings. The zero-order chi connectivity index (χ0) is 27.9. The fourth-order valence-electron chi connectivity index (χ4n) is 5.55. The van der Waals surface area contributed by atoms with Crippen molar-refractivity contribution in [2.24, 2.45) is 5.92 Å². The highest BCUT2D eigenvalue weighted by molar-refractivity contribution is 6.35. The van der Waals surface area contributed by atoms with Gasteiger partial charge >= 0.3 is 5.97 Å². The number of carboxylic acids is 1. The fraction of sp³-hybridized carbons (Fsp3) is 0.400. The van der Waals surface area contributed by atoms with E-state index in [0.717, 1.165) is 39.9 Å². The van der Waals surface area contributed by atoms with E-state index >= 15 is 0 Å². The molecule has 0 bridgehead atoms. The van der Waals surface area contributed by atoms with E-state index in [2.05, 4.69) is 59.2 Å². The first-order valence-corrected chi connectivity index (χ1v) is 13.6. The van der Waals surface area contributed by atoms with Crippen molar-refractivity contribution in [1.82, 2.24) is 24.9 Å². The van der Waals surface area contributed by atoms with Gasteiger partial charge in [-0.2, -0.15) is 0 Å². The molecule has 2 aromatic heterocycles. The summed E-state index contributed by atoms with van der Waals surface area (Å²) >= 11 is 6.89. The standard InChI is InChI=1S/C30H34ClN5O3/c1-6-36-24-12-11-23(26(31)27(24)33-34-36)25(19(3)29(37)38)20-10-9-18(2)22(14-20)16-35-15-21-8-7-13-32-28(21)39-30(4,5)17-35/h7-14,19,25H,6,15-17H2,1-5H3,(H,37,38)/t19-,25+/m1/s1. The second-order valence-corrected chi connectivity index (χ2v) is 11.4. The van der Waals surface area contributed by atoms with Crippen molar-refractivity contribution in [1.29, 1.82) is 0 Å². The molecule has 0 spiro atoms. The topological polar surface area (TPSA) is 93.4 Å². The van der Waals surface area contributed by atoms with E-state index in [1.165, 1.54) is 0 Å². The number of aromatic nitrogens is 4. The van der Waals surface area contributed by atoms with Gasteiger partial charge in [0.25, 0.3) is 0 Å². The van der Waals surface area contributed by atoms with E-state index < -0.39 is 23.4 Å². The Bertz CT molecular complexity index is 1530. The molecule has 0 unspecified atom stereocenters. The van der Waals surface area contributed by atoms with Crippen LogP contribution in [0.25, 0.3) is 11.0 Å². The molecule has 9 heteroatoms. The molecule has 8 nitrogen and oxygen atoms in total. The highest BCUT2D eigenvalue weighted by Crippen LogP contribution is 2.40. The van der Waals surface area contributed by atoms with E-state index in [0.29, 0.717) is 36.1 Å². The van der Waals surface area contributed by atoms with Gasteiger partial charge in [0.1, 0.15) is 11.1 Å². The number of carbonyl (C=O) groups is 1. The summed E-state index contributed by atoms with van der Waals surface area (Å²) in [5.74, 6) is -1.37. The molecule has 0 saturated heterocycles. The minimum atomic E-state index is -0.883. The summed E-state index contributed by atoms with van der Waals surface area (Å²) in [5, 5.41) is 19.0. The minimum Gasteiger partial charge on any atom is -0.481 e. The van der Waals surface area contributed by atoms with Gasteiger partial charge in [-0.25, -0.2) is 9.67 Å². The number of nitrogens with zero attached hydrogens (tertiary/aromatic N) is 5. The van der Waals surface area contributed by atoms with Crippen molar-refractivity contribution in [2.45, 2.75) is 65.8 Å². The third kappa shape index (κ3) is 5.36. The van der Waals surface area contributed by atoms with Crippen LogP contribution in [0, 0.1) is 12.8 Å². The lowest BCUT2D eigenvalue weighted by atomic mass is 9.80. The first kappa shape index (κ1) is 27.1. The second kappa shape index (κ2) is 10.6. The van der Waals surface area contributed by atoms with E-state index in [4.69, 9.17) is 16.3 Å².